The predicted molar refractivity (Wildman–Crippen MR) is 134 cm³/mol. The number of carbonyl (C=O) groups excluding carboxylic acids is 1. The molecule has 8 heteroatoms. The van der Waals surface area contributed by atoms with Crippen LogP contribution in [0, 0.1) is 0 Å². The lowest BCUT2D eigenvalue weighted by molar-refractivity contribution is 0.0963. The molecule has 2 rings (SSSR count). The maximum Gasteiger partial charge on any atom is 0.409 e. The minimum Gasteiger partial charge on any atom is -0.450 e. The van der Waals surface area contributed by atoms with Crippen molar-refractivity contribution in [1.29, 1.82) is 0 Å². The van der Waals surface area contributed by atoms with Crippen molar-refractivity contribution in [2.75, 3.05) is 40.3 Å². The first kappa shape index (κ1) is 26.5. The maximum atomic E-state index is 11.8. The van der Waals surface area contributed by atoms with E-state index in [9.17, 15) is 4.79 Å². The van der Waals surface area contributed by atoms with Crippen molar-refractivity contribution in [3.8, 4) is 0 Å². The quantitative estimate of drug-likeness (QED) is 0.306. The highest BCUT2D eigenvalue weighted by molar-refractivity contribution is 14.0. The van der Waals surface area contributed by atoms with Gasteiger partial charge in [0.15, 0.2) is 5.96 Å². The molecule has 1 aliphatic rings. The van der Waals surface area contributed by atoms with Gasteiger partial charge in [0.05, 0.1) is 6.61 Å². The normalized spacial score (nSPS) is 16.0. The van der Waals surface area contributed by atoms with E-state index in [1.54, 1.807) is 11.9 Å². The van der Waals surface area contributed by atoms with Gasteiger partial charge in [0.2, 0.25) is 0 Å². The van der Waals surface area contributed by atoms with Gasteiger partial charge in [-0.25, -0.2) is 4.79 Å². The Hall–Kier alpha value is -1.55. The van der Waals surface area contributed by atoms with Crippen molar-refractivity contribution in [2.24, 2.45) is 4.99 Å². The Balaban J connectivity index is 0.00000450. The fraction of sp³-hybridized carbons (Fsp3) is 0.636. The minimum absolute atomic E-state index is 0. The lowest BCUT2D eigenvalue weighted by Gasteiger charge is -2.32. The van der Waals surface area contributed by atoms with E-state index in [0.717, 1.165) is 51.4 Å². The number of halogens is 1. The van der Waals surface area contributed by atoms with Gasteiger partial charge in [0.25, 0.3) is 0 Å². The highest BCUT2D eigenvalue weighted by Crippen LogP contribution is 2.12. The smallest absolute Gasteiger partial charge is 0.409 e. The summed E-state index contributed by atoms with van der Waals surface area (Å²) in [7, 11) is 3.97. The van der Waals surface area contributed by atoms with Crippen molar-refractivity contribution in [3.63, 3.8) is 0 Å². The second-order valence-corrected chi connectivity index (χ2v) is 7.64. The van der Waals surface area contributed by atoms with Crippen LogP contribution in [0.5, 0.6) is 0 Å². The van der Waals surface area contributed by atoms with Crippen LogP contribution in [0.15, 0.2) is 35.3 Å². The third-order valence-electron chi connectivity index (χ3n) is 5.47. The van der Waals surface area contributed by atoms with Crippen LogP contribution in [-0.2, 0) is 11.3 Å². The number of rotatable bonds is 8. The molecule has 1 aromatic carbocycles. The summed E-state index contributed by atoms with van der Waals surface area (Å²) in [5.41, 5.74) is 1.33. The molecule has 0 aromatic heterocycles. The topological polar surface area (TPSA) is 69.2 Å². The van der Waals surface area contributed by atoms with Gasteiger partial charge in [0.1, 0.15) is 0 Å². The summed E-state index contributed by atoms with van der Waals surface area (Å²) in [6, 6.07) is 11.3. The van der Waals surface area contributed by atoms with Crippen molar-refractivity contribution in [1.82, 2.24) is 20.4 Å². The van der Waals surface area contributed by atoms with Gasteiger partial charge in [-0.3, -0.25) is 9.89 Å². The van der Waals surface area contributed by atoms with Crippen LogP contribution < -0.4 is 10.6 Å². The number of hydrogen-bond acceptors (Lipinski definition) is 4. The van der Waals surface area contributed by atoms with Gasteiger partial charge in [-0.1, -0.05) is 30.3 Å². The Bertz CT molecular complexity index is 636. The van der Waals surface area contributed by atoms with E-state index in [4.69, 9.17) is 4.74 Å². The Kier molecular flexibility index (Phi) is 12.8. The zero-order valence-corrected chi connectivity index (χ0v) is 21.1. The molecule has 7 nitrogen and oxygen atoms in total. The summed E-state index contributed by atoms with van der Waals surface area (Å²) >= 11 is 0. The molecule has 1 heterocycles. The van der Waals surface area contributed by atoms with E-state index in [0.29, 0.717) is 18.7 Å². The molecule has 170 valence electrons. The first-order valence-electron chi connectivity index (χ1n) is 10.7. The van der Waals surface area contributed by atoms with E-state index in [-0.39, 0.29) is 30.1 Å². The Morgan fingerprint density at radius 2 is 1.97 bits per heavy atom. The lowest BCUT2D eigenvalue weighted by atomic mass is 10.1. The number of nitrogens with zero attached hydrogens (tertiary/aromatic N) is 3. The number of hydrogen-bond donors (Lipinski definition) is 2. The predicted octanol–water partition coefficient (Wildman–Crippen LogP) is 3.30. The van der Waals surface area contributed by atoms with Crippen LogP contribution in [0.1, 0.15) is 38.7 Å². The number of ether oxygens (including phenoxy) is 1. The van der Waals surface area contributed by atoms with Gasteiger partial charge in [-0.05, 0) is 45.7 Å². The van der Waals surface area contributed by atoms with Crippen LogP contribution in [0.25, 0.3) is 0 Å². The number of carbonyl (C=O) groups is 1. The SMILES string of the molecule is CCOC(=O)N1CCC(NC(=NC)NCCC(C)N(C)Cc2ccccc2)CC1.I. The molecule has 1 fully saturated rings. The molecule has 1 saturated heterocycles. The van der Waals surface area contributed by atoms with Crippen LogP contribution >= 0.6 is 24.0 Å². The van der Waals surface area contributed by atoms with E-state index in [1.807, 2.05) is 6.92 Å². The Morgan fingerprint density at radius 3 is 2.57 bits per heavy atom. The summed E-state index contributed by atoms with van der Waals surface area (Å²) < 4.78 is 5.08. The van der Waals surface area contributed by atoms with Gasteiger partial charge >= 0.3 is 6.09 Å². The number of amides is 1. The van der Waals surface area contributed by atoms with Crippen LogP contribution in [-0.4, -0.2) is 74.3 Å². The zero-order chi connectivity index (χ0) is 21.1. The van der Waals surface area contributed by atoms with Crippen molar-refractivity contribution in [3.05, 3.63) is 35.9 Å². The number of nitrogens with one attached hydrogen (secondary N) is 2. The number of likely N-dealkylation sites (tertiary alicyclic amines) is 1. The third kappa shape index (κ3) is 9.07. The highest BCUT2D eigenvalue weighted by atomic mass is 127. The fourth-order valence-electron chi connectivity index (χ4n) is 3.46. The second kappa shape index (κ2) is 14.5. The molecule has 0 saturated carbocycles. The van der Waals surface area contributed by atoms with Gasteiger partial charge in [0, 0.05) is 45.3 Å². The standard InChI is InChI=1S/C22H37N5O2.HI/c1-5-29-22(28)27-15-12-20(13-16-27)25-21(23-3)24-14-11-18(2)26(4)17-19-9-7-6-8-10-19;/h6-10,18,20H,5,11-17H2,1-4H3,(H2,23,24,25);1H. The largest absolute Gasteiger partial charge is 0.450 e. The van der Waals surface area contributed by atoms with Crippen molar-refractivity contribution >= 4 is 36.0 Å². The average Bonchev–Trinajstić information content (AvgIpc) is 2.74. The molecule has 0 spiro atoms. The molecule has 1 aromatic rings. The van der Waals surface area contributed by atoms with E-state index in [1.165, 1.54) is 5.56 Å². The van der Waals surface area contributed by atoms with Crippen LogP contribution in [0.4, 0.5) is 4.79 Å². The minimum atomic E-state index is -0.206. The van der Waals surface area contributed by atoms with E-state index < -0.39 is 0 Å². The van der Waals surface area contributed by atoms with Gasteiger partial charge in [-0.2, -0.15) is 0 Å². The first-order valence-corrected chi connectivity index (χ1v) is 10.7. The third-order valence-corrected chi connectivity index (χ3v) is 5.47. The maximum absolute atomic E-state index is 11.8. The summed E-state index contributed by atoms with van der Waals surface area (Å²) in [6.07, 6.45) is 2.62. The summed E-state index contributed by atoms with van der Waals surface area (Å²) in [6.45, 7) is 7.76. The van der Waals surface area contributed by atoms with E-state index in [2.05, 4.69) is 64.8 Å². The molecular formula is C22H38IN5O2. The lowest BCUT2D eigenvalue weighted by Crippen LogP contribution is -2.50. The molecule has 1 unspecified atom stereocenters. The number of aliphatic imine (C=N–C) groups is 1. The monoisotopic (exact) mass is 531 g/mol. The van der Waals surface area contributed by atoms with Crippen LogP contribution in [0.2, 0.25) is 0 Å². The number of guanidine groups is 1. The second-order valence-electron chi connectivity index (χ2n) is 7.64. The first-order chi connectivity index (χ1) is 14.0. The van der Waals surface area contributed by atoms with Gasteiger partial charge in [-0.15, -0.1) is 24.0 Å². The van der Waals surface area contributed by atoms with Gasteiger partial charge < -0.3 is 20.3 Å². The molecule has 2 N–H and O–H groups in total. The van der Waals surface area contributed by atoms with Crippen LogP contribution in [0.3, 0.4) is 0 Å². The molecule has 1 atom stereocenters. The highest BCUT2D eigenvalue weighted by Gasteiger charge is 2.24. The van der Waals surface area contributed by atoms with E-state index >= 15 is 0 Å². The summed E-state index contributed by atoms with van der Waals surface area (Å²) in [5, 5.41) is 6.91. The average molecular weight is 531 g/mol. The molecule has 1 aliphatic heterocycles. The molecule has 0 radical (unpaired) electrons. The molecule has 30 heavy (non-hydrogen) atoms. The fourth-order valence-corrected chi connectivity index (χ4v) is 3.46. The Morgan fingerprint density at radius 1 is 1.30 bits per heavy atom. The molecule has 0 bridgehead atoms. The summed E-state index contributed by atoms with van der Waals surface area (Å²) in [5.74, 6) is 0.831. The molecule has 0 aliphatic carbocycles. The Labute approximate surface area is 198 Å². The molecule has 1 amide bonds. The summed E-state index contributed by atoms with van der Waals surface area (Å²) in [4.78, 5) is 20.3. The number of benzene rings is 1. The van der Waals surface area contributed by atoms with Crippen molar-refractivity contribution in [2.45, 2.75) is 51.7 Å². The van der Waals surface area contributed by atoms with Crippen molar-refractivity contribution < 1.29 is 9.53 Å². The molecular weight excluding hydrogens is 493 g/mol. The zero-order valence-electron chi connectivity index (χ0n) is 18.8. The number of piperidine rings is 1.